The fourth-order valence-corrected chi connectivity index (χ4v) is 4.18. The van der Waals surface area contributed by atoms with Gasteiger partial charge in [0.2, 0.25) is 0 Å². The third-order valence-corrected chi connectivity index (χ3v) is 6.27. The second kappa shape index (κ2) is 6.23. The van der Waals surface area contributed by atoms with Crippen LogP contribution >= 0.6 is 21.6 Å². The van der Waals surface area contributed by atoms with E-state index in [4.69, 9.17) is 0 Å². The lowest BCUT2D eigenvalue weighted by molar-refractivity contribution is 0.526. The van der Waals surface area contributed by atoms with Crippen LogP contribution in [0.25, 0.3) is 0 Å². The summed E-state index contributed by atoms with van der Waals surface area (Å²) >= 11 is 0. The quantitative estimate of drug-likeness (QED) is 0.599. The maximum absolute atomic E-state index is 2.37. The number of rotatable bonds is 5. The molecule has 0 heterocycles. The molecule has 0 spiro atoms. The Labute approximate surface area is 92.0 Å². The summed E-state index contributed by atoms with van der Waals surface area (Å²) in [4.78, 5) is 0. The summed E-state index contributed by atoms with van der Waals surface area (Å²) in [7, 11) is 4.10. The maximum atomic E-state index is 2.37. The monoisotopic (exact) mass is 220 g/mol. The lowest BCUT2D eigenvalue weighted by atomic mass is 10.0. The third kappa shape index (κ3) is 6.73. The fraction of sp³-hybridized carbons (Fsp3) is 1.00. The van der Waals surface area contributed by atoms with Crippen LogP contribution in [-0.4, -0.2) is 10.00 Å². The van der Waals surface area contributed by atoms with E-state index in [-0.39, 0.29) is 0 Å². The Balaban J connectivity index is 3.85. The van der Waals surface area contributed by atoms with E-state index in [0.717, 1.165) is 11.2 Å². The zero-order chi connectivity index (χ0) is 10.5. The summed E-state index contributed by atoms with van der Waals surface area (Å²) in [5, 5.41) is 0.828. The summed E-state index contributed by atoms with van der Waals surface area (Å²) in [6.45, 7) is 13.8. The van der Waals surface area contributed by atoms with Crippen molar-refractivity contribution in [3.63, 3.8) is 0 Å². The van der Waals surface area contributed by atoms with Gasteiger partial charge in [-0.1, -0.05) is 69.6 Å². The molecule has 0 rings (SSSR count). The molecule has 0 aliphatic rings. The van der Waals surface area contributed by atoms with Gasteiger partial charge in [-0.2, -0.15) is 0 Å². The first-order valence-corrected chi connectivity index (χ1v) is 7.46. The molecule has 2 unspecified atom stereocenters. The Morgan fingerprint density at radius 1 is 1.08 bits per heavy atom. The van der Waals surface area contributed by atoms with Crippen LogP contribution < -0.4 is 0 Å². The van der Waals surface area contributed by atoms with Crippen LogP contribution in [0.1, 0.15) is 54.4 Å². The second-order valence-electron chi connectivity index (χ2n) is 4.62. The van der Waals surface area contributed by atoms with Gasteiger partial charge in [-0.25, -0.2) is 0 Å². The zero-order valence-corrected chi connectivity index (χ0v) is 11.5. The van der Waals surface area contributed by atoms with Crippen molar-refractivity contribution < 1.29 is 0 Å². The van der Waals surface area contributed by atoms with Gasteiger partial charge in [0.15, 0.2) is 0 Å². The van der Waals surface area contributed by atoms with E-state index in [9.17, 15) is 0 Å². The fourth-order valence-electron chi connectivity index (χ4n) is 1.03. The predicted molar refractivity (Wildman–Crippen MR) is 68.5 cm³/mol. The largest absolute Gasteiger partial charge is 0.0899 e. The molecule has 80 valence electrons. The molecule has 0 aromatic carbocycles. The summed E-state index contributed by atoms with van der Waals surface area (Å²) in [6, 6.07) is 0. The Bertz CT molecular complexity index is 127. The maximum Gasteiger partial charge on any atom is 0.0179 e. The molecule has 0 radical (unpaired) electrons. The Morgan fingerprint density at radius 3 is 1.92 bits per heavy atom. The molecule has 0 bridgehead atoms. The van der Waals surface area contributed by atoms with Crippen molar-refractivity contribution in [2.24, 2.45) is 5.92 Å². The molecule has 0 aliphatic heterocycles. The molecule has 2 heteroatoms. The van der Waals surface area contributed by atoms with Crippen molar-refractivity contribution in [2.75, 3.05) is 0 Å². The Morgan fingerprint density at radius 2 is 1.62 bits per heavy atom. The molecule has 0 nitrogen and oxygen atoms in total. The molecule has 0 saturated heterocycles. The van der Waals surface area contributed by atoms with Crippen LogP contribution in [0.5, 0.6) is 0 Å². The highest BCUT2D eigenvalue weighted by molar-refractivity contribution is 8.77. The molecular formula is C11H24S2. The normalized spacial score (nSPS) is 17.1. The summed E-state index contributed by atoms with van der Waals surface area (Å²) in [5.41, 5.74) is 0. The lowest BCUT2D eigenvalue weighted by Gasteiger charge is -2.24. The SMILES string of the molecule is CCC(C)C(CC)SSC(C)(C)C. The van der Waals surface area contributed by atoms with Gasteiger partial charge in [0, 0.05) is 10.00 Å². The standard InChI is InChI=1S/C11H24S2/c1-7-9(3)10(8-2)12-13-11(4,5)6/h9-10H,7-8H2,1-6H3. The molecule has 0 aliphatic carbocycles. The van der Waals surface area contributed by atoms with Crippen LogP contribution in [0.2, 0.25) is 0 Å². The van der Waals surface area contributed by atoms with E-state index >= 15 is 0 Å². The molecule has 0 fully saturated rings. The van der Waals surface area contributed by atoms with Gasteiger partial charge in [0.1, 0.15) is 0 Å². The van der Waals surface area contributed by atoms with Crippen LogP contribution in [0.15, 0.2) is 0 Å². The van der Waals surface area contributed by atoms with Crippen LogP contribution in [-0.2, 0) is 0 Å². The highest BCUT2D eigenvalue weighted by atomic mass is 33.1. The second-order valence-corrected chi connectivity index (χ2v) is 7.89. The van der Waals surface area contributed by atoms with E-state index in [2.05, 4.69) is 52.3 Å². The van der Waals surface area contributed by atoms with E-state index < -0.39 is 0 Å². The van der Waals surface area contributed by atoms with Gasteiger partial charge < -0.3 is 0 Å². The molecule has 0 saturated carbocycles. The lowest BCUT2D eigenvalue weighted by Crippen LogP contribution is -2.13. The first-order valence-electron chi connectivity index (χ1n) is 5.25. The Kier molecular flexibility index (Phi) is 6.57. The van der Waals surface area contributed by atoms with Crippen molar-refractivity contribution in [1.29, 1.82) is 0 Å². The molecule has 2 atom stereocenters. The minimum atomic E-state index is 0.394. The summed E-state index contributed by atoms with van der Waals surface area (Å²) in [5.74, 6) is 0.852. The van der Waals surface area contributed by atoms with Crippen LogP contribution in [0, 0.1) is 5.92 Å². The molecule has 0 aromatic heterocycles. The number of hydrogen-bond acceptors (Lipinski definition) is 2. The smallest absolute Gasteiger partial charge is 0.0179 e. The average Bonchev–Trinajstić information content (AvgIpc) is 2.03. The summed E-state index contributed by atoms with van der Waals surface area (Å²) in [6.07, 6.45) is 2.60. The van der Waals surface area contributed by atoms with Crippen molar-refractivity contribution in [3.05, 3.63) is 0 Å². The van der Waals surface area contributed by atoms with Crippen molar-refractivity contribution in [1.82, 2.24) is 0 Å². The average molecular weight is 220 g/mol. The topological polar surface area (TPSA) is 0 Å². The predicted octanol–water partition coefficient (Wildman–Crippen LogP) is 4.99. The first kappa shape index (κ1) is 13.7. The van der Waals surface area contributed by atoms with Crippen molar-refractivity contribution in [3.8, 4) is 0 Å². The first-order chi connectivity index (χ1) is 5.90. The molecule has 0 N–H and O–H groups in total. The van der Waals surface area contributed by atoms with Gasteiger partial charge in [-0.15, -0.1) is 0 Å². The van der Waals surface area contributed by atoms with E-state index in [0.29, 0.717) is 4.75 Å². The van der Waals surface area contributed by atoms with Gasteiger partial charge in [-0.3, -0.25) is 0 Å². The molecular weight excluding hydrogens is 196 g/mol. The molecule has 0 amide bonds. The van der Waals surface area contributed by atoms with E-state index in [1.54, 1.807) is 0 Å². The molecule has 13 heavy (non-hydrogen) atoms. The molecule has 0 aromatic rings. The van der Waals surface area contributed by atoms with E-state index in [1.165, 1.54) is 12.8 Å². The highest BCUT2D eigenvalue weighted by Gasteiger charge is 2.19. The van der Waals surface area contributed by atoms with Crippen LogP contribution in [0.4, 0.5) is 0 Å². The highest BCUT2D eigenvalue weighted by Crippen LogP contribution is 2.41. The van der Waals surface area contributed by atoms with Gasteiger partial charge in [-0.05, 0) is 12.3 Å². The minimum Gasteiger partial charge on any atom is -0.0899 e. The summed E-state index contributed by atoms with van der Waals surface area (Å²) < 4.78 is 0.394. The zero-order valence-electron chi connectivity index (χ0n) is 9.89. The van der Waals surface area contributed by atoms with Gasteiger partial charge in [0.25, 0.3) is 0 Å². The van der Waals surface area contributed by atoms with Crippen molar-refractivity contribution in [2.45, 2.75) is 64.4 Å². The Hall–Kier alpha value is 0.700. The van der Waals surface area contributed by atoms with Gasteiger partial charge >= 0.3 is 0 Å². The van der Waals surface area contributed by atoms with Crippen molar-refractivity contribution >= 4 is 21.6 Å². The third-order valence-electron chi connectivity index (χ3n) is 2.10. The number of hydrogen-bond donors (Lipinski definition) is 0. The van der Waals surface area contributed by atoms with E-state index in [1.807, 2.05) is 10.8 Å². The van der Waals surface area contributed by atoms with Crippen LogP contribution in [0.3, 0.4) is 0 Å². The van der Waals surface area contributed by atoms with Gasteiger partial charge in [0.05, 0.1) is 0 Å². The minimum absolute atomic E-state index is 0.394.